The van der Waals surface area contributed by atoms with E-state index in [0.717, 1.165) is 42.4 Å². The normalized spacial score (nSPS) is 31.0. The molecule has 4 heterocycles. The Morgan fingerprint density at radius 3 is 2.50 bits per heavy atom. The van der Waals surface area contributed by atoms with Gasteiger partial charge in [-0.25, -0.2) is 13.4 Å². The molecule has 2 saturated heterocycles. The van der Waals surface area contributed by atoms with E-state index >= 15 is 0 Å². The van der Waals surface area contributed by atoms with Crippen molar-refractivity contribution in [3.8, 4) is 5.88 Å². The topological polar surface area (TPSA) is 162 Å². The number of Topliss-reactive ketones (excluding diaryl/α,β-unsaturated/α-hetero) is 1. The number of fused-ring (bicyclic) bond motifs is 3. The fourth-order valence-corrected chi connectivity index (χ4v) is 10.5. The molecular formula is C44H60N4O9S. The van der Waals surface area contributed by atoms with Gasteiger partial charge < -0.3 is 24.0 Å². The van der Waals surface area contributed by atoms with E-state index in [4.69, 9.17) is 14.2 Å². The average Bonchev–Trinajstić information content (AvgIpc) is 4.05. The summed E-state index contributed by atoms with van der Waals surface area (Å²) < 4.78 is 45.9. The number of hydrogen-bond donors (Lipinski definition) is 1. The number of nitrogens with zero attached hydrogens (tertiary/aromatic N) is 3. The number of rotatable bonds is 8. The van der Waals surface area contributed by atoms with Crippen LogP contribution < -0.4 is 14.4 Å². The second-order valence-electron chi connectivity index (χ2n) is 18.8. The number of ketones is 1. The third-order valence-electron chi connectivity index (χ3n) is 13.0. The van der Waals surface area contributed by atoms with Gasteiger partial charge in [0.15, 0.2) is 5.78 Å². The Bertz CT molecular complexity index is 2050. The maximum Gasteiger partial charge on any atom is 0.307 e. The summed E-state index contributed by atoms with van der Waals surface area (Å²) in [6.45, 7) is 13.9. The van der Waals surface area contributed by atoms with Crippen LogP contribution in [0.4, 0.5) is 5.69 Å². The lowest BCUT2D eigenvalue weighted by atomic mass is 9.82. The highest BCUT2D eigenvalue weighted by Gasteiger charge is 2.62. The molecule has 316 valence electrons. The summed E-state index contributed by atoms with van der Waals surface area (Å²) >= 11 is 0. The Morgan fingerprint density at radius 1 is 1.05 bits per heavy atom. The first-order chi connectivity index (χ1) is 27.4. The van der Waals surface area contributed by atoms with Gasteiger partial charge in [-0.15, -0.1) is 0 Å². The molecule has 0 spiro atoms. The Hall–Kier alpha value is -4.04. The zero-order valence-corrected chi connectivity index (χ0v) is 35.6. The van der Waals surface area contributed by atoms with Gasteiger partial charge in [0, 0.05) is 48.6 Å². The molecule has 7 rings (SSSR count). The summed E-state index contributed by atoms with van der Waals surface area (Å²) in [4.78, 5) is 65.6. The summed E-state index contributed by atoms with van der Waals surface area (Å²) in [6.07, 6.45) is 8.29. The van der Waals surface area contributed by atoms with Gasteiger partial charge in [-0.2, -0.15) is 0 Å². The van der Waals surface area contributed by atoms with Crippen LogP contribution in [0, 0.1) is 29.1 Å². The molecule has 1 aromatic heterocycles. The Labute approximate surface area is 342 Å². The number of anilines is 1. The van der Waals surface area contributed by atoms with Crippen LogP contribution in [0.3, 0.4) is 0 Å². The van der Waals surface area contributed by atoms with Crippen LogP contribution >= 0.6 is 0 Å². The van der Waals surface area contributed by atoms with Crippen molar-refractivity contribution in [2.75, 3.05) is 37.7 Å². The molecule has 0 bridgehead atoms. The average molecular weight is 821 g/mol. The highest BCUT2D eigenvalue weighted by atomic mass is 32.2. The van der Waals surface area contributed by atoms with E-state index in [0.29, 0.717) is 44.8 Å². The maximum atomic E-state index is 15.0. The molecule has 2 aromatic rings. The molecule has 1 N–H and O–H groups in total. The van der Waals surface area contributed by atoms with Gasteiger partial charge in [-0.1, -0.05) is 32.1 Å². The van der Waals surface area contributed by atoms with Crippen molar-refractivity contribution in [3.05, 3.63) is 42.6 Å². The van der Waals surface area contributed by atoms with E-state index in [-0.39, 0.29) is 55.3 Å². The molecule has 0 radical (unpaired) electrons. The van der Waals surface area contributed by atoms with Crippen LogP contribution in [-0.4, -0.2) is 97.2 Å². The standard InChI is InChI=1S/C44H60N4O9S/c1-28-10-7-8-11-30-25-44(30,41(52)46-58(53,54)43(6)15-16-43)26-37(49)36-23-31(27-48(36)40(51)34(29(2)22-28)24-38(50)57-42(3,4)5)56-39-33-12-9-13-35(32(33)14-17-45-39)47-18-20-55-21-19-47/h8-9,11-14,17,28-31,34,36H,7,10,15-16,18-27H2,1-6H3,(H,46,52)/b11-8-/t28-,29+,30+,31+,34-,36-,44+/m0/s1. The first kappa shape index (κ1) is 42.1. The number of allylic oxidation sites excluding steroid dienone is 2. The van der Waals surface area contributed by atoms with Crippen LogP contribution in [0.1, 0.15) is 99.3 Å². The molecule has 4 fully saturated rings. The van der Waals surface area contributed by atoms with Gasteiger partial charge >= 0.3 is 5.97 Å². The largest absolute Gasteiger partial charge is 0.472 e. The summed E-state index contributed by atoms with van der Waals surface area (Å²) in [6, 6.07) is 6.96. The minimum atomic E-state index is -3.95. The zero-order chi connectivity index (χ0) is 41.6. The first-order valence-electron chi connectivity index (χ1n) is 21.1. The summed E-state index contributed by atoms with van der Waals surface area (Å²) in [5.74, 6) is -2.54. The van der Waals surface area contributed by atoms with Gasteiger partial charge in [0.2, 0.25) is 27.7 Å². The minimum Gasteiger partial charge on any atom is -0.472 e. The lowest BCUT2D eigenvalue weighted by Gasteiger charge is -2.32. The molecule has 7 atom stereocenters. The van der Waals surface area contributed by atoms with E-state index in [9.17, 15) is 27.6 Å². The summed E-state index contributed by atoms with van der Waals surface area (Å²) in [5.41, 5.74) is -0.970. The SMILES string of the molecule is C[C@H]1CC/C=C\[C@@H]2C[C@@]2(C(=O)NS(=O)(=O)C2(C)CC2)CC(=O)[C@@H]2C[C@@H](Oc3nccc4c(N5CCOCC5)cccc34)CN2C(=O)[C@@H](CC(=O)OC(C)(C)C)[C@H](C)C1. The van der Waals surface area contributed by atoms with Crippen LogP contribution in [0.5, 0.6) is 5.88 Å². The number of benzene rings is 1. The highest BCUT2D eigenvalue weighted by Crippen LogP contribution is 2.58. The summed E-state index contributed by atoms with van der Waals surface area (Å²) in [7, 11) is -3.95. The molecule has 14 heteroatoms. The second kappa shape index (κ2) is 16.2. The number of amides is 2. The van der Waals surface area contributed by atoms with E-state index in [1.165, 1.54) is 0 Å². The Kier molecular flexibility index (Phi) is 11.8. The number of aromatic nitrogens is 1. The van der Waals surface area contributed by atoms with Crippen molar-refractivity contribution < 1.29 is 41.8 Å². The smallest absolute Gasteiger partial charge is 0.307 e. The molecule has 3 aliphatic heterocycles. The van der Waals surface area contributed by atoms with Crippen LogP contribution in [-0.2, 0) is 38.7 Å². The van der Waals surface area contributed by atoms with Gasteiger partial charge in [0.05, 0.1) is 48.3 Å². The lowest BCUT2D eigenvalue weighted by molar-refractivity contribution is -0.160. The number of carbonyl (C=O) groups excluding carboxylic acids is 4. The molecule has 2 saturated carbocycles. The number of hydrogen-bond acceptors (Lipinski definition) is 11. The first-order valence-corrected chi connectivity index (χ1v) is 22.5. The number of nitrogens with one attached hydrogen (secondary N) is 1. The quantitative estimate of drug-likeness (QED) is 0.255. The molecule has 13 nitrogen and oxygen atoms in total. The Morgan fingerprint density at radius 2 is 1.79 bits per heavy atom. The van der Waals surface area contributed by atoms with Crippen molar-refractivity contribution >= 4 is 50.1 Å². The van der Waals surface area contributed by atoms with E-state index in [1.54, 1.807) is 38.8 Å². The molecule has 1 aromatic carbocycles. The van der Waals surface area contributed by atoms with Gasteiger partial charge in [0.25, 0.3) is 0 Å². The molecule has 5 aliphatic rings. The zero-order valence-electron chi connectivity index (χ0n) is 34.8. The molecule has 58 heavy (non-hydrogen) atoms. The van der Waals surface area contributed by atoms with E-state index < -0.39 is 55.7 Å². The van der Waals surface area contributed by atoms with Gasteiger partial charge in [0.1, 0.15) is 11.7 Å². The van der Waals surface area contributed by atoms with Crippen LogP contribution in [0.15, 0.2) is 42.6 Å². The van der Waals surface area contributed by atoms with Gasteiger partial charge in [-0.05, 0) is 102 Å². The fraction of sp³-hybridized carbons (Fsp3) is 0.659. The number of carbonyl (C=O) groups is 4. The van der Waals surface area contributed by atoms with Crippen molar-refractivity contribution in [1.82, 2.24) is 14.6 Å². The minimum absolute atomic E-state index is 0.0683. The predicted octanol–water partition coefficient (Wildman–Crippen LogP) is 5.74. The van der Waals surface area contributed by atoms with E-state index in [1.807, 2.05) is 37.3 Å². The number of ether oxygens (including phenoxy) is 3. The lowest BCUT2D eigenvalue weighted by Crippen LogP contribution is -2.48. The third kappa shape index (κ3) is 8.92. The monoisotopic (exact) mass is 820 g/mol. The molecular weight excluding hydrogens is 761 g/mol. The van der Waals surface area contributed by atoms with Crippen LogP contribution in [0.2, 0.25) is 0 Å². The third-order valence-corrected chi connectivity index (χ3v) is 15.1. The predicted molar refractivity (Wildman–Crippen MR) is 219 cm³/mol. The number of esters is 1. The van der Waals surface area contributed by atoms with Crippen molar-refractivity contribution in [1.29, 1.82) is 0 Å². The van der Waals surface area contributed by atoms with Crippen molar-refractivity contribution in [3.63, 3.8) is 0 Å². The van der Waals surface area contributed by atoms with Crippen LogP contribution in [0.25, 0.3) is 10.8 Å². The fourth-order valence-electron chi connectivity index (χ4n) is 9.14. The van der Waals surface area contributed by atoms with Crippen molar-refractivity contribution in [2.45, 2.75) is 122 Å². The van der Waals surface area contributed by atoms with E-state index in [2.05, 4.69) is 27.6 Å². The molecule has 0 unspecified atom stereocenters. The van der Waals surface area contributed by atoms with Gasteiger partial charge in [-0.3, -0.25) is 23.9 Å². The maximum absolute atomic E-state index is 15.0. The van der Waals surface area contributed by atoms with Crippen molar-refractivity contribution in [2.24, 2.45) is 29.1 Å². The highest BCUT2D eigenvalue weighted by molar-refractivity contribution is 7.91. The molecule has 2 aliphatic carbocycles. The molecule has 2 amide bonds. The number of pyridine rings is 1. The summed E-state index contributed by atoms with van der Waals surface area (Å²) in [5, 5.41) is 1.76. The number of sulfonamides is 1. The number of morpholine rings is 1. The second-order valence-corrected chi connectivity index (χ2v) is 21.0. The Balaban J connectivity index is 1.22.